The van der Waals surface area contributed by atoms with Crippen LogP contribution in [0.15, 0.2) is 29.3 Å². The van der Waals surface area contributed by atoms with Gasteiger partial charge in [0.05, 0.1) is 41.6 Å². The van der Waals surface area contributed by atoms with Crippen LogP contribution in [-0.2, 0) is 29.1 Å². The molecule has 1 atom stereocenters. The molecule has 2 heterocycles. The molecule has 1 aromatic carbocycles. The first-order valence-corrected chi connectivity index (χ1v) is 9.36. The molecule has 7 heteroatoms. The van der Waals surface area contributed by atoms with Crippen molar-refractivity contribution in [3.8, 4) is 0 Å². The fourth-order valence-corrected chi connectivity index (χ4v) is 3.57. The Balaban J connectivity index is 1.72. The number of aliphatic imine (C=N–C) groups is 1. The van der Waals surface area contributed by atoms with Crippen LogP contribution in [0.25, 0.3) is 0 Å². The van der Waals surface area contributed by atoms with E-state index in [1.54, 1.807) is 12.1 Å². The topological polar surface area (TPSA) is 71.8 Å². The smallest absolute Gasteiger partial charge is 0.218 e. The summed E-state index contributed by atoms with van der Waals surface area (Å²) < 4.78 is 5.23. The summed E-state index contributed by atoms with van der Waals surface area (Å²) >= 11 is 12.0. The van der Waals surface area contributed by atoms with E-state index in [2.05, 4.69) is 9.98 Å². The minimum absolute atomic E-state index is 0.0161. The van der Waals surface area contributed by atoms with Crippen molar-refractivity contribution in [2.75, 3.05) is 7.11 Å². The lowest BCUT2D eigenvalue weighted by Crippen LogP contribution is -2.13. The maximum atomic E-state index is 12.6. The van der Waals surface area contributed by atoms with Crippen molar-refractivity contribution in [2.24, 2.45) is 4.99 Å². The van der Waals surface area contributed by atoms with Gasteiger partial charge in [0, 0.05) is 18.5 Å². The highest BCUT2D eigenvalue weighted by Gasteiger charge is 2.23. The van der Waals surface area contributed by atoms with E-state index in [0.29, 0.717) is 40.3 Å². The Morgan fingerprint density at radius 2 is 2.07 bits per heavy atom. The second kappa shape index (κ2) is 8.38. The number of rotatable bonds is 6. The van der Waals surface area contributed by atoms with Crippen LogP contribution in [0.2, 0.25) is 10.0 Å². The molecule has 0 radical (unpaired) electrons. The molecule has 0 amide bonds. The van der Waals surface area contributed by atoms with E-state index in [-0.39, 0.29) is 24.7 Å². The number of halogens is 2. The highest BCUT2D eigenvalue weighted by atomic mass is 35.5. The summed E-state index contributed by atoms with van der Waals surface area (Å²) in [7, 11) is 1.54. The molecule has 0 spiro atoms. The Bertz CT molecular complexity index is 912. The molecule has 27 heavy (non-hydrogen) atoms. The summed E-state index contributed by atoms with van der Waals surface area (Å²) in [5.41, 5.74) is 3.75. The monoisotopic (exact) mass is 406 g/mol. The SMILES string of the molecule is COC1=NCc2cc(CC(=O)C[C@H](C)c3ccc(Cl)c(Cl)c3)nc(CO)c21. The van der Waals surface area contributed by atoms with Crippen molar-refractivity contribution in [1.29, 1.82) is 0 Å². The van der Waals surface area contributed by atoms with Crippen molar-refractivity contribution in [3.05, 3.63) is 62.4 Å². The number of aliphatic hydroxyl groups excluding tert-OH is 1. The van der Waals surface area contributed by atoms with Gasteiger partial charge in [0.25, 0.3) is 0 Å². The average molecular weight is 407 g/mol. The van der Waals surface area contributed by atoms with Crippen molar-refractivity contribution in [2.45, 2.75) is 38.8 Å². The normalized spacial score (nSPS) is 13.9. The van der Waals surface area contributed by atoms with Gasteiger partial charge in [-0.15, -0.1) is 0 Å². The van der Waals surface area contributed by atoms with Gasteiger partial charge < -0.3 is 9.84 Å². The standard InChI is InChI=1S/C20H20Cl2N2O3/c1-11(12-3-4-16(21)17(22)7-12)5-15(26)8-14-6-13-9-23-20(27-2)19(13)18(10-25)24-14/h3-4,6-7,11,25H,5,8-10H2,1-2H3/t11-/m0/s1. The van der Waals surface area contributed by atoms with Gasteiger partial charge in [-0.2, -0.15) is 0 Å². The van der Waals surface area contributed by atoms with Crippen LogP contribution in [-0.4, -0.2) is 28.9 Å². The molecule has 142 valence electrons. The lowest BCUT2D eigenvalue weighted by Gasteiger charge is -2.13. The number of fused-ring (bicyclic) bond motifs is 1. The molecular weight excluding hydrogens is 387 g/mol. The lowest BCUT2D eigenvalue weighted by molar-refractivity contribution is -0.118. The summed E-state index contributed by atoms with van der Waals surface area (Å²) in [6, 6.07) is 7.28. The van der Waals surface area contributed by atoms with Crippen LogP contribution in [0.1, 0.15) is 47.3 Å². The number of methoxy groups -OCH3 is 1. The number of carbonyl (C=O) groups is 1. The van der Waals surface area contributed by atoms with E-state index in [0.717, 1.165) is 16.7 Å². The van der Waals surface area contributed by atoms with Gasteiger partial charge in [0.1, 0.15) is 5.78 Å². The Labute approximate surface area is 168 Å². The predicted molar refractivity (Wildman–Crippen MR) is 106 cm³/mol. The van der Waals surface area contributed by atoms with Crippen molar-refractivity contribution < 1.29 is 14.6 Å². The maximum absolute atomic E-state index is 12.6. The zero-order valence-electron chi connectivity index (χ0n) is 15.1. The Morgan fingerprint density at radius 1 is 1.30 bits per heavy atom. The Morgan fingerprint density at radius 3 is 2.74 bits per heavy atom. The number of aliphatic hydroxyl groups is 1. The zero-order valence-corrected chi connectivity index (χ0v) is 16.6. The number of hydrogen-bond acceptors (Lipinski definition) is 5. The third-order valence-electron chi connectivity index (χ3n) is 4.60. The summed E-state index contributed by atoms with van der Waals surface area (Å²) in [6.07, 6.45) is 0.569. The van der Waals surface area contributed by atoms with Crippen LogP contribution < -0.4 is 0 Å². The number of pyridine rings is 1. The molecule has 0 unspecified atom stereocenters. The fourth-order valence-electron chi connectivity index (χ4n) is 3.27. The first-order chi connectivity index (χ1) is 12.9. The number of ketones is 1. The molecule has 0 saturated carbocycles. The van der Waals surface area contributed by atoms with E-state index in [1.165, 1.54) is 7.11 Å². The number of hydrogen-bond donors (Lipinski definition) is 1. The van der Waals surface area contributed by atoms with Crippen molar-refractivity contribution in [1.82, 2.24) is 4.98 Å². The van der Waals surface area contributed by atoms with Crippen LogP contribution in [0.3, 0.4) is 0 Å². The van der Waals surface area contributed by atoms with Gasteiger partial charge in [-0.05, 0) is 35.2 Å². The van der Waals surface area contributed by atoms with Gasteiger partial charge in [0.2, 0.25) is 5.90 Å². The first-order valence-electron chi connectivity index (χ1n) is 8.61. The third kappa shape index (κ3) is 4.32. The lowest BCUT2D eigenvalue weighted by atomic mass is 9.94. The van der Waals surface area contributed by atoms with E-state index < -0.39 is 0 Å². The van der Waals surface area contributed by atoms with Crippen molar-refractivity contribution >= 4 is 34.9 Å². The Hall–Kier alpha value is -1.95. The van der Waals surface area contributed by atoms with Gasteiger partial charge in [-0.25, -0.2) is 4.99 Å². The van der Waals surface area contributed by atoms with E-state index in [1.807, 2.05) is 19.1 Å². The number of benzene rings is 1. The van der Waals surface area contributed by atoms with Gasteiger partial charge >= 0.3 is 0 Å². The van der Waals surface area contributed by atoms with Gasteiger partial charge in [0.15, 0.2) is 0 Å². The van der Waals surface area contributed by atoms with Gasteiger partial charge in [-0.3, -0.25) is 9.78 Å². The zero-order chi connectivity index (χ0) is 19.6. The van der Waals surface area contributed by atoms with E-state index in [9.17, 15) is 9.90 Å². The van der Waals surface area contributed by atoms with Crippen LogP contribution in [0, 0.1) is 0 Å². The van der Waals surface area contributed by atoms with E-state index >= 15 is 0 Å². The van der Waals surface area contributed by atoms with Crippen LogP contribution in [0.5, 0.6) is 0 Å². The summed E-state index contributed by atoms with van der Waals surface area (Å²) in [5, 5.41) is 10.6. The third-order valence-corrected chi connectivity index (χ3v) is 5.34. The maximum Gasteiger partial charge on any atom is 0.218 e. The molecule has 3 rings (SSSR count). The fraction of sp³-hybridized carbons (Fsp3) is 0.350. The summed E-state index contributed by atoms with van der Waals surface area (Å²) in [5.74, 6) is 0.561. The summed E-state index contributed by atoms with van der Waals surface area (Å²) in [6.45, 7) is 2.22. The van der Waals surface area contributed by atoms with Crippen LogP contribution >= 0.6 is 23.2 Å². The molecule has 2 aromatic rings. The predicted octanol–water partition coefficient (Wildman–Crippen LogP) is 4.09. The van der Waals surface area contributed by atoms with Gasteiger partial charge in [-0.1, -0.05) is 36.2 Å². The first kappa shape index (κ1) is 19.8. The number of Topliss-reactive ketones (excluding diaryl/α,β-unsaturated/α-hetero) is 1. The summed E-state index contributed by atoms with van der Waals surface area (Å²) in [4.78, 5) is 21.3. The Kier molecular flexibility index (Phi) is 6.15. The number of ether oxygens (including phenoxy) is 1. The molecule has 0 aliphatic carbocycles. The van der Waals surface area contributed by atoms with Crippen molar-refractivity contribution in [3.63, 3.8) is 0 Å². The molecule has 0 bridgehead atoms. The molecule has 1 aromatic heterocycles. The average Bonchev–Trinajstić information content (AvgIpc) is 3.06. The number of aromatic nitrogens is 1. The molecule has 0 saturated heterocycles. The molecule has 5 nitrogen and oxygen atoms in total. The second-order valence-corrected chi connectivity index (χ2v) is 7.39. The quantitative estimate of drug-likeness (QED) is 0.783. The number of carbonyl (C=O) groups excluding carboxylic acids is 1. The minimum atomic E-state index is -0.230. The highest BCUT2D eigenvalue weighted by Crippen LogP contribution is 2.29. The molecular formula is C20H20Cl2N2O3. The largest absolute Gasteiger partial charge is 0.481 e. The number of nitrogens with zero attached hydrogens (tertiary/aromatic N) is 2. The molecule has 1 aliphatic heterocycles. The highest BCUT2D eigenvalue weighted by molar-refractivity contribution is 6.42. The minimum Gasteiger partial charge on any atom is -0.481 e. The van der Waals surface area contributed by atoms with E-state index in [4.69, 9.17) is 27.9 Å². The molecule has 1 aliphatic rings. The second-order valence-electron chi connectivity index (χ2n) is 6.57. The molecule has 1 N–H and O–H groups in total. The van der Waals surface area contributed by atoms with Crippen LogP contribution in [0.4, 0.5) is 0 Å². The molecule has 0 fully saturated rings.